The molecule has 0 spiro atoms. The summed E-state index contributed by atoms with van der Waals surface area (Å²) in [5.74, 6) is 0.339. The van der Waals surface area contributed by atoms with Crippen LogP contribution in [0.4, 0.5) is 0 Å². The van der Waals surface area contributed by atoms with Gasteiger partial charge in [-0.3, -0.25) is 9.48 Å². The van der Waals surface area contributed by atoms with E-state index in [9.17, 15) is 13.2 Å². The molecule has 29 heavy (non-hydrogen) atoms. The summed E-state index contributed by atoms with van der Waals surface area (Å²) < 4.78 is 28.0. The third-order valence-electron chi connectivity index (χ3n) is 4.92. The maximum Gasteiger partial charge on any atom is 0.220 e. The summed E-state index contributed by atoms with van der Waals surface area (Å²) in [7, 11) is -1.97. The Morgan fingerprint density at radius 2 is 1.83 bits per heavy atom. The fourth-order valence-electron chi connectivity index (χ4n) is 3.29. The predicted molar refractivity (Wildman–Crippen MR) is 115 cm³/mol. The number of nitrogens with one attached hydrogen (secondary N) is 2. The highest BCUT2D eigenvalue weighted by Gasteiger charge is 2.15. The molecule has 0 aliphatic heterocycles. The first-order valence-corrected chi connectivity index (χ1v) is 11.6. The van der Waals surface area contributed by atoms with Crippen molar-refractivity contribution in [2.45, 2.75) is 59.4 Å². The van der Waals surface area contributed by atoms with Gasteiger partial charge < -0.3 is 5.32 Å². The number of amides is 1. The maximum atomic E-state index is 12.4. The molecule has 0 aliphatic rings. The molecule has 2 N–H and O–H groups in total. The zero-order chi connectivity index (χ0) is 21.6. The van der Waals surface area contributed by atoms with Crippen LogP contribution in [-0.4, -0.2) is 31.2 Å². The molecule has 8 heteroatoms. The summed E-state index contributed by atoms with van der Waals surface area (Å²) in [6, 6.07) is 7.25. The van der Waals surface area contributed by atoms with Gasteiger partial charge in [0.25, 0.3) is 0 Å². The van der Waals surface area contributed by atoms with E-state index in [0.717, 1.165) is 29.1 Å². The Kier molecular flexibility index (Phi) is 7.98. The molecule has 1 aromatic heterocycles. The Hall–Kier alpha value is -2.19. The SMILES string of the molecule is CNS(=O)(=O)Cc1ccccc1CNC(=O)CCc1c(C)nn(CC(C)C)c1C. The number of aromatic nitrogens is 2. The lowest BCUT2D eigenvalue weighted by Crippen LogP contribution is -2.25. The van der Waals surface area contributed by atoms with Gasteiger partial charge in [-0.05, 0) is 49.9 Å². The zero-order valence-corrected chi connectivity index (χ0v) is 18.8. The molecule has 0 bridgehead atoms. The van der Waals surface area contributed by atoms with E-state index in [1.807, 2.05) is 30.7 Å². The van der Waals surface area contributed by atoms with E-state index in [1.54, 1.807) is 12.1 Å². The van der Waals surface area contributed by atoms with E-state index in [-0.39, 0.29) is 11.7 Å². The molecule has 2 aromatic rings. The number of rotatable bonds is 10. The molecule has 0 unspecified atom stereocenters. The summed E-state index contributed by atoms with van der Waals surface area (Å²) in [5, 5.41) is 7.51. The van der Waals surface area contributed by atoms with Crippen LogP contribution in [0, 0.1) is 19.8 Å². The number of sulfonamides is 1. The summed E-state index contributed by atoms with van der Waals surface area (Å²) in [6.07, 6.45) is 1.00. The summed E-state index contributed by atoms with van der Waals surface area (Å²) in [6.45, 7) is 9.51. The lowest BCUT2D eigenvalue weighted by molar-refractivity contribution is -0.121. The van der Waals surface area contributed by atoms with Gasteiger partial charge >= 0.3 is 0 Å². The molecule has 0 aliphatic carbocycles. The van der Waals surface area contributed by atoms with Crippen LogP contribution in [0.1, 0.15) is 48.3 Å². The molecule has 1 amide bonds. The van der Waals surface area contributed by atoms with Crippen LogP contribution in [0.15, 0.2) is 24.3 Å². The van der Waals surface area contributed by atoms with Crippen LogP contribution in [0.3, 0.4) is 0 Å². The van der Waals surface area contributed by atoms with Crippen LogP contribution in [-0.2, 0) is 40.1 Å². The van der Waals surface area contributed by atoms with Gasteiger partial charge in [0.1, 0.15) is 0 Å². The van der Waals surface area contributed by atoms with Crippen LogP contribution in [0.5, 0.6) is 0 Å². The van der Waals surface area contributed by atoms with Gasteiger partial charge in [-0.25, -0.2) is 13.1 Å². The van der Waals surface area contributed by atoms with Gasteiger partial charge in [0.2, 0.25) is 15.9 Å². The molecule has 0 fully saturated rings. The smallest absolute Gasteiger partial charge is 0.220 e. The highest BCUT2D eigenvalue weighted by atomic mass is 32.2. The van der Waals surface area contributed by atoms with E-state index in [4.69, 9.17) is 0 Å². The molecule has 0 saturated heterocycles. The predicted octanol–water partition coefficient (Wildman–Crippen LogP) is 2.45. The number of benzene rings is 1. The highest BCUT2D eigenvalue weighted by molar-refractivity contribution is 7.88. The van der Waals surface area contributed by atoms with Gasteiger partial charge in [0, 0.05) is 25.2 Å². The molecule has 160 valence electrons. The van der Waals surface area contributed by atoms with Gasteiger partial charge in [-0.15, -0.1) is 0 Å². The maximum absolute atomic E-state index is 12.4. The molecule has 1 heterocycles. The zero-order valence-electron chi connectivity index (χ0n) is 17.9. The number of carbonyl (C=O) groups excluding carboxylic acids is 1. The first kappa shape index (κ1) is 23.1. The topological polar surface area (TPSA) is 93.1 Å². The Labute approximate surface area is 173 Å². The largest absolute Gasteiger partial charge is 0.352 e. The number of aryl methyl sites for hydroxylation is 1. The van der Waals surface area contributed by atoms with Crippen molar-refractivity contribution in [3.63, 3.8) is 0 Å². The quantitative estimate of drug-likeness (QED) is 0.617. The average Bonchev–Trinajstić information content (AvgIpc) is 2.91. The van der Waals surface area contributed by atoms with E-state index >= 15 is 0 Å². The van der Waals surface area contributed by atoms with E-state index in [2.05, 4.69) is 29.0 Å². The first-order valence-electron chi connectivity index (χ1n) is 9.90. The van der Waals surface area contributed by atoms with Gasteiger partial charge in [-0.2, -0.15) is 5.10 Å². The molecule has 0 saturated carbocycles. The second-order valence-corrected chi connectivity index (χ2v) is 9.66. The summed E-state index contributed by atoms with van der Waals surface area (Å²) in [5.41, 5.74) is 4.70. The second-order valence-electron chi connectivity index (χ2n) is 7.73. The van der Waals surface area contributed by atoms with Gasteiger partial charge in [0.05, 0.1) is 11.4 Å². The third kappa shape index (κ3) is 6.68. The normalized spacial score (nSPS) is 11.8. The van der Waals surface area contributed by atoms with Crippen molar-refractivity contribution in [3.05, 3.63) is 52.3 Å². The lowest BCUT2D eigenvalue weighted by Gasteiger charge is -2.11. The average molecular weight is 421 g/mol. The van der Waals surface area contributed by atoms with Crippen molar-refractivity contribution in [1.29, 1.82) is 0 Å². The molecule has 0 atom stereocenters. The van der Waals surface area contributed by atoms with Crippen molar-refractivity contribution in [2.75, 3.05) is 7.05 Å². The number of hydrogen-bond donors (Lipinski definition) is 2. The molecule has 2 rings (SSSR count). The number of carbonyl (C=O) groups is 1. The van der Waals surface area contributed by atoms with Crippen molar-refractivity contribution in [1.82, 2.24) is 19.8 Å². The minimum absolute atomic E-state index is 0.0633. The molecule has 1 aromatic carbocycles. The standard InChI is InChI=1S/C21H32N4O3S/c1-15(2)13-25-17(4)20(16(3)24-25)10-11-21(26)23-12-18-8-6-7-9-19(18)14-29(27,28)22-5/h6-9,15,22H,10-14H2,1-5H3,(H,23,26). The second kappa shape index (κ2) is 10.0. The van der Waals surface area contributed by atoms with Crippen LogP contribution in [0.2, 0.25) is 0 Å². The monoisotopic (exact) mass is 420 g/mol. The van der Waals surface area contributed by atoms with Crippen molar-refractivity contribution in [2.24, 2.45) is 5.92 Å². The van der Waals surface area contributed by atoms with E-state index in [0.29, 0.717) is 30.9 Å². The van der Waals surface area contributed by atoms with Gasteiger partial charge in [-0.1, -0.05) is 38.1 Å². The Balaban J connectivity index is 1.96. The molecular weight excluding hydrogens is 388 g/mol. The molecule has 7 nitrogen and oxygen atoms in total. The first-order chi connectivity index (χ1) is 13.6. The fourth-order valence-corrected chi connectivity index (χ4v) is 4.12. The Morgan fingerprint density at radius 3 is 2.45 bits per heavy atom. The van der Waals surface area contributed by atoms with Gasteiger partial charge in [0.15, 0.2) is 0 Å². The van der Waals surface area contributed by atoms with E-state index < -0.39 is 10.0 Å². The molecule has 0 radical (unpaired) electrons. The summed E-state index contributed by atoms with van der Waals surface area (Å²) in [4.78, 5) is 12.4. The van der Waals surface area contributed by atoms with Crippen molar-refractivity contribution >= 4 is 15.9 Å². The summed E-state index contributed by atoms with van der Waals surface area (Å²) >= 11 is 0. The highest BCUT2D eigenvalue weighted by Crippen LogP contribution is 2.17. The Morgan fingerprint density at radius 1 is 1.17 bits per heavy atom. The number of nitrogens with zero attached hydrogens (tertiary/aromatic N) is 2. The van der Waals surface area contributed by atoms with Crippen molar-refractivity contribution < 1.29 is 13.2 Å². The Bertz CT molecular complexity index is 949. The van der Waals surface area contributed by atoms with Crippen molar-refractivity contribution in [3.8, 4) is 0 Å². The molecular formula is C21H32N4O3S. The van der Waals surface area contributed by atoms with Crippen LogP contribution < -0.4 is 10.0 Å². The van der Waals surface area contributed by atoms with Crippen LogP contribution >= 0.6 is 0 Å². The van der Waals surface area contributed by atoms with E-state index in [1.165, 1.54) is 7.05 Å². The minimum Gasteiger partial charge on any atom is -0.352 e. The fraction of sp³-hybridized carbons (Fsp3) is 0.524. The lowest BCUT2D eigenvalue weighted by atomic mass is 10.1. The number of hydrogen-bond acceptors (Lipinski definition) is 4. The van der Waals surface area contributed by atoms with Crippen LogP contribution in [0.25, 0.3) is 0 Å². The minimum atomic E-state index is -3.37. The third-order valence-corrected chi connectivity index (χ3v) is 6.24.